The number of thiophene rings is 1. The van der Waals surface area contributed by atoms with Gasteiger partial charge < -0.3 is 10.6 Å². The monoisotopic (exact) mass is 272 g/mol. The molecule has 0 saturated heterocycles. The van der Waals surface area contributed by atoms with Gasteiger partial charge in [-0.3, -0.25) is 0 Å². The number of rotatable bonds is 1. The molecule has 5 nitrogen and oxygen atoms in total. The number of aromatic nitrogens is 2. The number of nitrogen functional groups attached to an aromatic ring is 1. The van der Waals surface area contributed by atoms with Crippen LogP contribution in [0.5, 0.6) is 0 Å². The molecule has 0 aliphatic carbocycles. The van der Waals surface area contributed by atoms with E-state index in [1.54, 1.807) is 0 Å². The van der Waals surface area contributed by atoms with E-state index in [9.17, 15) is 0 Å². The average Bonchev–Trinajstić information content (AvgIpc) is 3.07. The highest BCUT2D eigenvalue weighted by molar-refractivity contribution is 7.10. The Kier molecular flexibility index (Phi) is 2.25. The Morgan fingerprint density at radius 2 is 2.11 bits per heavy atom. The second-order valence-corrected chi connectivity index (χ2v) is 5.68. The first-order valence-electron chi connectivity index (χ1n) is 6.14. The lowest BCUT2D eigenvalue weighted by Crippen LogP contribution is -2.29. The van der Waals surface area contributed by atoms with Crippen LogP contribution in [0, 0.1) is 0 Å². The molecule has 6 heteroatoms. The summed E-state index contributed by atoms with van der Waals surface area (Å²) in [6.45, 7) is 1.89. The highest BCUT2D eigenvalue weighted by Gasteiger charge is 2.21. The van der Waals surface area contributed by atoms with Gasteiger partial charge in [0.05, 0.1) is 11.4 Å². The Hall–Kier alpha value is -2.08. The van der Waals surface area contributed by atoms with Crippen LogP contribution >= 0.6 is 11.3 Å². The third kappa shape index (κ3) is 1.60. The number of benzene rings is 1. The van der Waals surface area contributed by atoms with E-state index in [4.69, 9.17) is 10.4 Å². The number of fused-ring (bicyclic) bond motifs is 2. The topological polar surface area (TPSA) is 68.2 Å². The van der Waals surface area contributed by atoms with E-state index in [-0.39, 0.29) is 0 Å². The molecule has 0 radical (unpaired) electrons. The van der Waals surface area contributed by atoms with E-state index in [1.165, 1.54) is 10.4 Å². The second kappa shape index (κ2) is 3.96. The van der Waals surface area contributed by atoms with Gasteiger partial charge in [0.15, 0.2) is 11.0 Å². The molecule has 96 valence electrons. The largest absolute Gasteiger partial charge is 0.397 e. The van der Waals surface area contributed by atoms with E-state index in [0.29, 0.717) is 11.2 Å². The lowest BCUT2D eigenvalue weighted by atomic mass is 10.1. The molecule has 3 heterocycles. The zero-order valence-electron chi connectivity index (χ0n) is 10.2. The van der Waals surface area contributed by atoms with Gasteiger partial charge in [0, 0.05) is 18.0 Å². The van der Waals surface area contributed by atoms with Gasteiger partial charge in [0.1, 0.15) is 0 Å². The molecule has 19 heavy (non-hydrogen) atoms. The van der Waals surface area contributed by atoms with Crippen LogP contribution in [-0.2, 0) is 13.0 Å². The van der Waals surface area contributed by atoms with Crippen molar-refractivity contribution in [2.75, 3.05) is 17.2 Å². The molecule has 0 spiro atoms. The third-order valence-electron chi connectivity index (χ3n) is 3.57. The minimum absolute atomic E-state index is 0.605. The number of hydrogen-bond acceptors (Lipinski definition) is 6. The van der Waals surface area contributed by atoms with Crippen LogP contribution < -0.4 is 10.6 Å². The van der Waals surface area contributed by atoms with E-state index in [0.717, 1.165) is 30.7 Å². The molecule has 0 saturated carbocycles. The predicted molar refractivity (Wildman–Crippen MR) is 75.3 cm³/mol. The molecule has 1 aliphatic heterocycles. The van der Waals surface area contributed by atoms with Crippen molar-refractivity contribution < 1.29 is 4.63 Å². The van der Waals surface area contributed by atoms with Crippen molar-refractivity contribution in [1.29, 1.82) is 0 Å². The maximum absolute atomic E-state index is 5.88. The Morgan fingerprint density at radius 1 is 1.21 bits per heavy atom. The maximum Gasteiger partial charge on any atom is 0.160 e. The normalized spacial score (nSPS) is 14.8. The van der Waals surface area contributed by atoms with Gasteiger partial charge in [0.25, 0.3) is 0 Å². The van der Waals surface area contributed by atoms with Crippen molar-refractivity contribution in [3.05, 3.63) is 34.0 Å². The Morgan fingerprint density at radius 3 is 3.05 bits per heavy atom. The smallest absolute Gasteiger partial charge is 0.160 e. The van der Waals surface area contributed by atoms with Gasteiger partial charge in [-0.15, -0.1) is 11.3 Å². The average molecular weight is 272 g/mol. The summed E-state index contributed by atoms with van der Waals surface area (Å²) < 4.78 is 4.83. The molecule has 0 atom stereocenters. The number of nitrogens with two attached hydrogens (primary N) is 1. The highest BCUT2D eigenvalue weighted by Crippen LogP contribution is 2.33. The maximum atomic E-state index is 5.88. The van der Waals surface area contributed by atoms with Crippen molar-refractivity contribution in [2.45, 2.75) is 13.0 Å². The summed E-state index contributed by atoms with van der Waals surface area (Å²) in [6, 6.07) is 6.06. The van der Waals surface area contributed by atoms with Crippen molar-refractivity contribution in [1.82, 2.24) is 10.3 Å². The first-order valence-corrected chi connectivity index (χ1v) is 7.02. The Balaban J connectivity index is 1.80. The fourth-order valence-corrected chi connectivity index (χ4v) is 3.47. The molecule has 2 aromatic heterocycles. The van der Waals surface area contributed by atoms with Gasteiger partial charge in [-0.1, -0.05) is 0 Å². The van der Waals surface area contributed by atoms with Crippen LogP contribution in [0.15, 0.2) is 28.2 Å². The van der Waals surface area contributed by atoms with E-state index in [1.807, 2.05) is 23.5 Å². The quantitative estimate of drug-likeness (QED) is 0.689. The van der Waals surface area contributed by atoms with E-state index in [2.05, 4.69) is 26.7 Å². The van der Waals surface area contributed by atoms with Crippen LogP contribution in [0.3, 0.4) is 0 Å². The third-order valence-corrected chi connectivity index (χ3v) is 4.60. The molecule has 0 amide bonds. The van der Waals surface area contributed by atoms with Gasteiger partial charge in [-0.2, -0.15) is 0 Å². The minimum Gasteiger partial charge on any atom is -0.397 e. The molecule has 1 aliphatic rings. The summed E-state index contributed by atoms with van der Waals surface area (Å²) >= 11 is 1.84. The van der Waals surface area contributed by atoms with Crippen LogP contribution in [0.2, 0.25) is 0 Å². The standard InChI is InChI=1S/C13H12N4OS/c14-9-1-2-10(13-12(9)15-18-16-13)17-5-3-11-8(7-17)4-6-19-11/h1-2,4,6H,3,5,7,14H2. The second-order valence-electron chi connectivity index (χ2n) is 4.68. The van der Waals surface area contributed by atoms with E-state index < -0.39 is 0 Å². The van der Waals surface area contributed by atoms with Crippen LogP contribution in [0.25, 0.3) is 11.0 Å². The Bertz CT molecular complexity index is 748. The number of hydrogen-bond donors (Lipinski definition) is 1. The highest BCUT2D eigenvalue weighted by atomic mass is 32.1. The van der Waals surface area contributed by atoms with Crippen molar-refractivity contribution in [3.8, 4) is 0 Å². The SMILES string of the molecule is Nc1ccc(N2CCc3sccc3C2)c2nonc12. The first kappa shape index (κ1) is 10.8. The molecule has 1 aromatic carbocycles. The van der Waals surface area contributed by atoms with Gasteiger partial charge in [-0.25, -0.2) is 4.63 Å². The van der Waals surface area contributed by atoms with Gasteiger partial charge in [0.2, 0.25) is 0 Å². The Labute approximate surface area is 113 Å². The lowest BCUT2D eigenvalue weighted by molar-refractivity contribution is 0.315. The zero-order valence-corrected chi connectivity index (χ0v) is 11.0. The number of nitrogens with zero attached hydrogens (tertiary/aromatic N) is 3. The summed E-state index contributed by atoms with van der Waals surface area (Å²) in [5, 5.41) is 10.0. The van der Waals surface area contributed by atoms with Crippen molar-refractivity contribution >= 4 is 33.7 Å². The molecule has 0 unspecified atom stereocenters. The molecule has 3 aromatic rings. The molecule has 2 N–H and O–H groups in total. The lowest BCUT2D eigenvalue weighted by Gasteiger charge is -2.28. The van der Waals surface area contributed by atoms with Crippen molar-refractivity contribution in [3.63, 3.8) is 0 Å². The molecular formula is C13H12N4OS. The van der Waals surface area contributed by atoms with Crippen LogP contribution in [0.1, 0.15) is 10.4 Å². The molecule has 4 rings (SSSR count). The zero-order chi connectivity index (χ0) is 12.8. The summed E-state index contributed by atoms with van der Waals surface area (Å²) in [7, 11) is 0. The molecule has 0 bridgehead atoms. The van der Waals surface area contributed by atoms with E-state index >= 15 is 0 Å². The van der Waals surface area contributed by atoms with Crippen LogP contribution in [0.4, 0.5) is 11.4 Å². The van der Waals surface area contributed by atoms with Gasteiger partial charge in [-0.05, 0) is 45.9 Å². The summed E-state index contributed by atoms with van der Waals surface area (Å²) in [5.41, 5.74) is 10.3. The fraction of sp³-hybridized carbons (Fsp3) is 0.231. The molecular weight excluding hydrogens is 260 g/mol. The fourth-order valence-electron chi connectivity index (χ4n) is 2.58. The first-order chi connectivity index (χ1) is 9.33. The van der Waals surface area contributed by atoms with Crippen LogP contribution in [-0.4, -0.2) is 16.9 Å². The predicted octanol–water partition coefficient (Wildman–Crippen LogP) is 2.43. The number of anilines is 2. The molecule has 0 fully saturated rings. The summed E-state index contributed by atoms with van der Waals surface area (Å²) in [4.78, 5) is 3.79. The van der Waals surface area contributed by atoms with Crippen molar-refractivity contribution in [2.24, 2.45) is 0 Å². The minimum atomic E-state index is 0.605. The summed E-state index contributed by atoms with van der Waals surface area (Å²) in [5.74, 6) is 0. The van der Waals surface area contributed by atoms with Gasteiger partial charge >= 0.3 is 0 Å². The summed E-state index contributed by atoms with van der Waals surface area (Å²) in [6.07, 6.45) is 1.07.